The molecule has 0 radical (unpaired) electrons. The van der Waals surface area contributed by atoms with E-state index in [0.717, 1.165) is 73.1 Å². The highest BCUT2D eigenvalue weighted by atomic mass is 16.3. The van der Waals surface area contributed by atoms with Gasteiger partial charge in [0.25, 0.3) is 6.71 Å². The fourth-order valence-corrected chi connectivity index (χ4v) is 15.2. The summed E-state index contributed by atoms with van der Waals surface area (Å²) in [5.41, 5.74) is 29.1. The van der Waals surface area contributed by atoms with Crippen molar-refractivity contribution in [2.24, 2.45) is 0 Å². The SMILES string of the molecule is CC(C)(C)c1ccc(N(c2ccc(C(C)(C)C)cc2)c2ccc3c(c2)N(c2cccc4c2oc2cc(C(C)(C)C)ccc24)c2cc(N(c4ccc(C(C)(C)C)cc4)c4ccc(C(C)(C)C)cc4)cc4c2B3c2cccc3c5c(n-4c23)-c2ccccc2C5(C)C)cc1. The number of anilines is 9. The third-order valence-corrected chi connectivity index (χ3v) is 20.3. The number of hydrogen-bond acceptors (Lipinski definition) is 4. The minimum atomic E-state index is -0.257. The van der Waals surface area contributed by atoms with E-state index in [2.05, 4.69) is 343 Å². The number of furan rings is 1. The summed E-state index contributed by atoms with van der Waals surface area (Å²) in [6.45, 7) is 39.2. The third-order valence-electron chi connectivity index (χ3n) is 20.3. The first kappa shape index (κ1) is 58.4. The van der Waals surface area contributed by atoms with Crippen molar-refractivity contribution in [1.82, 2.24) is 4.57 Å². The molecule has 0 bridgehead atoms. The standard InChI is InChI=1S/C85H85BN4O/c1-80(2,3)52-28-37-57(38-29-52)87(58-39-30-53(31-40-58)81(4,5)6)61-45-47-68-71(49-61)89(70-27-21-23-64-63-46-36-56(84(13,14)15)48-74(63)91-79(64)70)72-50-62(88(59-41-32-54(33-42-59)82(7,8)9)60-43-34-55(35-44-60)83(10,11)12)51-73-76(72)86(68)69-26-20-24-66-75-78(90(73)77(66)69)65-22-18-19-25-67(65)85(75,16)17/h18-51H,1-17H3. The van der Waals surface area contributed by atoms with E-state index in [-0.39, 0.29) is 39.2 Å². The molecule has 4 heterocycles. The second-order valence-corrected chi connectivity index (χ2v) is 32.0. The van der Waals surface area contributed by atoms with E-state index in [4.69, 9.17) is 4.42 Å². The van der Waals surface area contributed by atoms with Gasteiger partial charge in [-0.1, -0.05) is 239 Å². The summed E-state index contributed by atoms with van der Waals surface area (Å²) >= 11 is 0. The van der Waals surface area contributed by atoms with Crippen molar-refractivity contribution in [3.8, 4) is 16.9 Å². The molecule has 3 aliphatic rings. The van der Waals surface area contributed by atoms with Gasteiger partial charge in [-0.15, -0.1) is 0 Å². The Morgan fingerprint density at radius 2 is 0.835 bits per heavy atom. The van der Waals surface area contributed by atoms with E-state index in [9.17, 15) is 0 Å². The number of nitrogens with zero attached hydrogens (tertiary/aromatic N) is 4. The Hall–Kier alpha value is -9.00. The number of aromatic nitrogens is 1. The molecule has 0 spiro atoms. The summed E-state index contributed by atoms with van der Waals surface area (Å²) in [5, 5.41) is 3.51. The minimum Gasteiger partial charge on any atom is -0.454 e. The summed E-state index contributed by atoms with van der Waals surface area (Å²) in [5.74, 6) is 0. The van der Waals surface area contributed by atoms with Crippen LogP contribution < -0.4 is 31.1 Å². The summed E-state index contributed by atoms with van der Waals surface area (Å²) in [6.07, 6.45) is 0. The molecule has 12 aromatic rings. The minimum absolute atomic E-state index is 0.00947. The summed E-state index contributed by atoms with van der Waals surface area (Å²) in [7, 11) is 0. The van der Waals surface area contributed by atoms with Gasteiger partial charge in [-0.2, -0.15) is 0 Å². The Kier molecular flexibility index (Phi) is 12.8. The lowest BCUT2D eigenvalue weighted by atomic mass is 9.33. The Bertz CT molecular complexity index is 4790. The van der Waals surface area contributed by atoms with Crippen molar-refractivity contribution in [1.29, 1.82) is 0 Å². The van der Waals surface area contributed by atoms with Crippen LogP contribution in [-0.2, 0) is 32.5 Å². The maximum atomic E-state index is 7.43. The van der Waals surface area contributed by atoms with Crippen LogP contribution in [0.4, 0.5) is 51.2 Å². The van der Waals surface area contributed by atoms with Gasteiger partial charge in [0.1, 0.15) is 5.58 Å². The van der Waals surface area contributed by atoms with Crippen LogP contribution in [0.15, 0.2) is 211 Å². The molecule has 5 nitrogen and oxygen atoms in total. The molecule has 0 saturated heterocycles. The number of para-hydroxylation sites is 2. The fourth-order valence-electron chi connectivity index (χ4n) is 15.2. The molecule has 0 atom stereocenters. The predicted octanol–water partition coefficient (Wildman–Crippen LogP) is 21.9. The lowest BCUT2D eigenvalue weighted by Crippen LogP contribution is -2.60. The molecule has 0 unspecified atom stereocenters. The van der Waals surface area contributed by atoms with E-state index < -0.39 is 0 Å². The summed E-state index contributed by atoms with van der Waals surface area (Å²) in [4.78, 5) is 7.56. The van der Waals surface area contributed by atoms with Gasteiger partial charge in [-0.05, 0) is 167 Å². The van der Waals surface area contributed by atoms with Crippen molar-refractivity contribution in [2.45, 2.75) is 150 Å². The van der Waals surface area contributed by atoms with Crippen molar-refractivity contribution in [2.75, 3.05) is 14.7 Å². The molecule has 2 aliphatic heterocycles. The lowest BCUT2D eigenvalue weighted by Gasteiger charge is -2.42. The zero-order chi connectivity index (χ0) is 63.8. The zero-order valence-corrected chi connectivity index (χ0v) is 56.4. The van der Waals surface area contributed by atoms with Gasteiger partial charge >= 0.3 is 0 Å². The molecule has 454 valence electrons. The van der Waals surface area contributed by atoms with Crippen LogP contribution in [0, 0.1) is 0 Å². The van der Waals surface area contributed by atoms with Crippen LogP contribution in [0.5, 0.6) is 0 Å². The van der Waals surface area contributed by atoms with E-state index in [1.807, 2.05) is 0 Å². The monoisotopic (exact) mass is 1190 g/mol. The molecule has 6 heteroatoms. The summed E-state index contributed by atoms with van der Waals surface area (Å²) < 4.78 is 10.1. The average molecular weight is 1190 g/mol. The molecule has 91 heavy (non-hydrogen) atoms. The molecule has 0 saturated carbocycles. The normalized spacial score (nSPS) is 14.3. The van der Waals surface area contributed by atoms with Crippen LogP contribution in [0.1, 0.15) is 157 Å². The largest absolute Gasteiger partial charge is 0.454 e. The van der Waals surface area contributed by atoms with Crippen LogP contribution >= 0.6 is 0 Å². The average Bonchev–Trinajstić information content (AvgIpc) is 1.57. The highest BCUT2D eigenvalue weighted by molar-refractivity contribution is 7.00. The van der Waals surface area contributed by atoms with Crippen molar-refractivity contribution >= 4 is 107 Å². The maximum absolute atomic E-state index is 7.43. The first-order valence-electron chi connectivity index (χ1n) is 32.9. The molecule has 0 amide bonds. The predicted molar refractivity (Wildman–Crippen MR) is 390 cm³/mol. The van der Waals surface area contributed by atoms with E-state index in [1.54, 1.807) is 0 Å². The van der Waals surface area contributed by atoms with E-state index >= 15 is 0 Å². The molecule has 0 N–H and O–H groups in total. The Morgan fingerprint density at radius 3 is 1.37 bits per heavy atom. The molecule has 2 aromatic heterocycles. The number of hydrogen-bond donors (Lipinski definition) is 0. The molecule has 0 fully saturated rings. The second-order valence-electron chi connectivity index (χ2n) is 32.0. The lowest BCUT2D eigenvalue weighted by molar-refractivity contribution is 0.587. The van der Waals surface area contributed by atoms with Crippen molar-refractivity contribution in [3.05, 3.63) is 245 Å². The van der Waals surface area contributed by atoms with Crippen LogP contribution in [0.3, 0.4) is 0 Å². The van der Waals surface area contributed by atoms with Crippen LogP contribution in [-0.4, -0.2) is 11.3 Å². The van der Waals surface area contributed by atoms with Gasteiger partial charge in [0, 0.05) is 78.2 Å². The Morgan fingerprint density at radius 1 is 0.374 bits per heavy atom. The number of fused-ring (bicyclic) bond motifs is 12. The van der Waals surface area contributed by atoms with Gasteiger partial charge in [0.05, 0.1) is 17.1 Å². The zero-order valence-electron chi connectivity index (χ0n) is 56.4. The maximum Gasteiger partial charge on any atom is 0.252 e. The molecule has 15 rings (SSSR count). The van der Waals surface area contributed by atoms with Crippen molar-refractivity contribution < 1.29 is 4.42 Å². The first-order chi connectivity index (χ1) is 43.1. The molecular weight excluding hydrogens is 1100 g/mol. The number of benzene rings is 10. The number of rotatable bonds is 7. The van der Waals surface area contributed by atoms with Gasteiger partial charge in [0.15, 0.2) is 5.58 Å². The Balaban J connectivity index is 1.08. The topological polar surface area (TPSA) is 27.8 Å². The molecule has 10 aromatic carbocycles. The Labute approximate surface area is 540 Å². The van der Waals surface area contributed by atoms with Crippen LogP contribution in [0.25, 0.3) is 49.8 Å². The second kappa shape index (κ2) is 20.0. The van der Waals surface area contributed by atoms with E-state index in [0.29, 0.717) is 0 Å². The fraction of sp³-hybridized carbons (Fsp3) is 0.271. The van der Waals surface area contributed by atoms with E-state index in [1.165, 1.54) is 83.2 Å². The highest BCUT2D eigenvalue weighted by Gasteiger charge is 2.48. The third kappa shape index (κ3) is 9.23. The van der Waals surface area contributed by atoms with Gasteiger partial charge < -0.3 is 23.7 Å². The van der Waals surface area contributed by atoms with Gasteiger partial charge in [-0.3, -0.25) is 0 Å². The van der Waals surface area contributed by atoms with Crippen LogP contribution in [0.2, 0.25) is 0 Å². The quantitative estimate of drug-likeness (QED) is 0.149. The van der Waals surface area contributed by atoms with Gasteiger partial charge in [0.2, 0.25) is 0 Å². The summed E-state index contributed by atoms with van der Waals surface area (Å²) in [6, 6.07) is 79.5. The molecule has 1 aliphatic carbocycles. The van der Waals surface area contributed by atoms with Gasteiger partial charge in [-0.25, -0.2) is 0 Å². The van der Waals surface area contributed by atoms with Crippen molar-refractivity contribution in [3.63, 3.8) is 0 Å². The molecular formula is C85H85BN4O. The smallest absolute Gasteiger partial charge is 0.252 e. The highest BCUT2D eigenvalue weighted by Crippen LogP contribution is 2.56. The first-order valence-corrected chi connectivity index (χ1v) is 32.9.